The zero-order valence-electron chi connectivity index (χ0n) is 22.3. The Morgan fingerprint density at radius 1 is 0.974 bits per heavy atom. The summed E-state index contributed by atoms with van der Waals surface area (Å²) in [6.07, 6.45) is 2.48. The van der Waals surface area contributed by atoms with E-state index in [9.17, 15) is 9.59 Å². The molecule has 5 rings (SSSR count). The van der Waals surface area contributed by atoms with E-state index < -0.39 is 0 Å². The summed E-state index contributed by atoms with van der Waals surface area (Å²) in [5.74, 6) is 0.515. The van der Waals surface area contributed by atoms with Gasteiger partial charge in [-0.25, -0.2) is 0 Å². The number of nitrogens with zero attached hydrogens (tertiary/aromatic N) is 3. The van der Waals surface area contributed by atoms with Crippen molar-refractivity contribution in [3.05, 3.63) is 99.4 Å². The molecule has 0 aliphatic carbocycles. The fourth-order valence-electron chi connectivity index (χ4n) is 5.14. The molecule has 39 heavy (non-hydrogen) atoms. The van der Waals surface area contributed by atoms with Crippen molar-refractivity contribution < 1.29 is 9.53 Å². The number of pyridine rings is 1. The number of piperazine rings is 1. The van der Waals surface area contributed by atoms with Crippen LogP contribution in [0.2, 0.25) is 5.02 Å². The standard InChI is InChI=1S/C31H33ClN4O3/c1-22-8-9-23(32)20-29(22)35-18-16-34(17-19-35)15-5-14-33-30(37)28-21-36(24-10-12-25(39-2)13-11-24)31(38)27-7-4-3-6-26(27)28/h3-4,6-13,20-21H,5,14-19H2,1-2H3,(H,33,37). The number of amides is 1. The zero-order chi connectivity index (χ0) is 27.4. The third-order valence-corrected chi connectivity index (χ3v) is 7.58. The van der Waals surface area contributed by atoms with Gasteiger partial charge in [-0.05, 0) is 67.9 Å². The molecule has 0 saturated carbocycles. The molecule has 4 aromatic rings. The molecular weight excluding hydrogens is 512 g/mol. The second kappa shape index (κ2) is 11.9. The third-order valence-electron chi connectivity index (χ3n) is 7.34. The molecule has 1 aliphatic rings. The Bertz CT molecular complexity index is 1530. The molecule has 202 valence electrons. The molecule has 1 saturated heterocycles. The molecule has 2 heterocycles. The van der Waals surface area contributed by atoms with Gasteiger partial charge in [0.25, 0.3) is 11.5 Å². The Labute approximate surface area is 233 Å². The van der Waals surface area contributed by atoms with Gasteiger partial charge < -0.3 is 15.0 Å². The van der Waals surface area contributed by atoms with Gasteiger partial charge in [-0.3, -0.25) is 19.1 Å². The Morgan fingerprint density at radius 2 is 1.69 bits per heavy atom. The summed E-state index contributed by atoms with van der Waals surface area (Å²) < 4.78 is 6.76. The molecule has 0 unspecified atom stereocenters. The summed E-state index contributed by atoms with van der Waals surface area (Å²) >= 11 is 6.22. The van der Waals surface area contributed by atoms with Crippen LogP contribution in [-0.4, -0.2) is 61.8 Å². The molecule has 1 aromatic heterocycles. The van der Waals surface area contributed by atoms with E-state index in [1.165, 1.54) is 15.8 Å². The van der Waals surface area contributed by atoms with E-state index in [1.807, 2.05) is 42.5 Å². The van der Waals surface area contributed by atoms with Crippen LogP contribution in [0.4, 0.5) is 5.69 Å². The Balaban J connectivity index is 1.21. The quantitative estimate of drug-likeness (QED) is 0.320. The Kier molecular flexibility index (Phi) is 8.19. The average Bonchev–Trinajstić information content (AvgIpc) is 2.97. The average molecular weight is 545 g/mol. The van der Waals surface area contributed by atoms with E-state index in [2.05, 4.69) is 28.1 Å². The van der Waals surface area contributed by atoms with Crippen LogP contribution in [0.3, 0.4) is 0 Å². The van der Waals surface area contributed by atoms with Crippen molar-refractivity contribution in [3.8, 4) is 11.4 Å². The van der Waals surface area contributed by atoms with Crippen LogP contribution in [0, 0.1) is 6.92 Å². The highest BCUT2D eigenvalue weighted by atomic mass is 35.5. The number of fused-ring (bicyclic) bond motifs is 1. The second-order valence-electron chi connectivity index (χ2n) is 9.83. The predicted molar refractivity (Wildman–Crippen MR) is 158 cm³/mol. The van der Waals surface area contributed by atoms with Gasteiger partial charge in [-0.15, -0.1) is 0 Å². The first-order valence-corrected chi connectivity index (χ1v) is 13.6. The minimum Gasteiger partial charge on any atom is -0.497 e. The number of methoxy groups -OCH3 is 1. The minimum absolute atomic E-state index is 0.167. The van der Waals surface area contributed by atoms with E-state index >= 15 is 0 Å². The van der Waals surface area contributed by atoms with E-state index in [4.69, 9.17) is 16.3 Å². The van der Waals surface area contributed by atoms with Crippen molar-refractivity contribution in [1.29, 1.82) is 0 Å². The number of halogens is 1. The van der Waals surface area contributed by atoms with Crippen LogP contribution in [0.15, 0.2) is 77.7 Å². The number of carbonyl (C=O) groups is 1. The third kappa shape index (κ3) is 5.95. The minimum atomic E-state index is -0.185. The van der Waals surface area contributed by atoms with Crippen LogP contribution in [-0.2, 0) is 0 Å². The second-order valence-corrected chi connectivity index (χ2v) is 10.3. The number of nitrogens with one attached hydrogen (secondary N) is 1. The van der Waals surface area contributed by atoms with Crippen molar-refractivity contribution in [3.63, 3.8) is 0 Å². The van der Waals surface area contributed by atoms with Gasteiger partial charge >= 0.3 is 0 Å². The Morgan fingerprint density at radius 3 is 2.41 bits per heavy atom. The molecular formula is C31H33ClN4O3. The lowest BCUT2D eigenvalue weighted by atomic mass is 10.1. The molecule has 0 atom stereocenters. The number of rotatable bonds is 8. The van der Waals surface area contributed by atoms with Crippen LogP contribution in [0.25, 0.3) is 16.5 Å². The van der Waals surface area contributed by atoms with Crippen LogP contribution < -0.4 is 20.5 Å². The Hall–Kier alpha value is -3.81. The van der Waals surface area contributed by atoms with Gasteiger partial charge in [0.15, 0.2) is 0 Å². The van der Waals surface area contributed by atoms with Gasteiger partial charge in [-0.2, -0.15) is 0 Å². The van der Waals surface area contributed by atoms with Crippen LogP contribution in [0.5, 0.6) is 5.75 Å². The monoisotopic (exact) mass is 544 g/mol. The fourth-order valence-corrected chi connectivity index (χ4v) is 5.31. The summed E-state index contributed by atoms with van der Waals surface area (Å²) in [4.78, 5) is 31.3. The normalized spacial score (nSPS) is 14.0. The molecule has 1 N–H and O–H groups in total. The maximum Gasteiger partial charge on any atom is 0.262 e. The number of anilines is 1. The fraction of sp³-hybridized carbons (Fsp3) is 0.290. The summed E-state index contributed by atoms with van der Waals surface area (Å²) in [5, 5.41) is 4.99. The lowest BCUT2D eigenvalue weighted by Crippen LogP contribution is -2.47. The largest absolute Gasteiger partial charge is 0.497 e. The number of ether oxygens (including phenoxy) is 1. The highest BCUT2D eigenvalue weighted by Gasteiger charge is 2.19. The van der Waals surface area contributed by atoms with Gasteiger partial charge in [0.05, 0.1) is 12.7 Å². The summed E-state index contributed by atoms with van der Waals surface area (Å²) in [6.45, 7) is 7.43. The molecule has 8 heteroatoms. The number of hydrogen-bond acceptors (Lipinski definition) is 5. The van der Waals surface area contributed by atoms with Crippen LogP contribution >= 0.6 is 11.6 Å². The van der Waals surface area contributed by atoms with E-state index in [0.29, 0.717) is 34.3 Å². The lowest BCUT2D eigenvalue weighted by molar-refractivity contribution is 0.0952. The number of benzene rings is 3. The predicted octanol–water partition coefficient (Wildman–Crippen LogP) is 4.90. The first-order valence-electron chi connectivity index (χ1n) is 13.2. The molecule has 0 spiro atoms. The topological polar surface area (TPSA) is 66.8 Å². The molecule has 1 aliphatic heterocycles. The number of carbonyl (C=O) groups excluding carboxylic acids is 1. The first-order chi connectivity index (χ1) is 18.9. The van der Waals surface area contributed by atoms with E-state index in [1.54, 1.807) is 31.5 Å². The number of hydrogen-bond donors (Lipinski definition) is 1. The summed E-state index contributed by atoms with van der Waals surface area (Å²) in [5.41, 5.74) is 3.43. The van der Waals surface area contributed by atoms with Gasteiger partial charge in [-0.1, -0.05) is 35.9 Å². The zero-order valence-corrected chi connectivity index (χ0v) is 23.1. The van der Waals surface area contributed by atoms with Gasteiger partial charge in [0, 0.05) is 66.1 Å². The molecule has 1 amide bonds. The van der Waals surface area contributed by atoms with Crippen molar-refractivity contribution in [1.82, 2.24) is 14.8 Å². The molecule has 7 nitrogen and oxygen atoms in total. The molecule has 0 radical (unpaired) electrons. The molecule has 0 bridgehead atoms. The summed E-state index contributed by atoms with van der Waals surface area (Å²) in [7, 11) is 1.60. The highest BCUT2D eigenvalue weighted by molar-refractivity contribution is 6.30. The number of aromatic nitrogens is 1. The van der Waals surface area contributed by atoms with Crippen molar-refractivity contribution in [2.45, 2.75) is 13.3 Å². The van der Waals surface area contributed by atoms with E-state index in [0.717, 1.165) is 44.2 Å². The first kappa shape index (κ1) is 26.8. The maximum atomic E-state index is 13.3. The maximum absolute atomic E-state index is 13.3. The molecule has 3 aromatic carbocycles. The SMILES string of the molecule is COc1ccc(-n2cc(C(=O)NCCCN3CCN(c4cc(Cl)ccc4C)CC3)c3ccccc3c2=O)cc1. The van der Waals surface area contributed by atoms with Gasteiger partial charge in [0.2, 0.25) is 0 Å². The van der Waals surface area contributed by atoms with E-state index in [-0.39, 0.29) is 11.5 Å². The van der Waals surface area contributed by atoms with Gasteiger partial charge in [0.1, 0.15) is 5.75 Å². The molecule has 1 fully saturated rings. The smallest absolute Gasteiger partial charge is 0.262 e. The van der Waals surface area contributed by atoms with Crippen LogP contribution in [0.1, 0.15) is 22.3 Å². The van der Waals surface area contributed by atoms with Crippen molar-refractivity contribution in [2.75, 3.05) is 51.3 Å². The highest BCUT2D eigenvalue weighted by Crippen LogP contribution is 2.25. The van der Waals surface area contributed by atoms with Crippen molar-refractivity contribution in [2.24, 2.45) is 0 Å². The summed E-state index contributed by atoms with van der Waals surface area (Å²) in [6, 6.07) is 20.5. The van der Waals surface area contributed by atoms with Crippen molar-refractivity contribution >= 4 is 34.0 Å². The number of aryl methyl sites for hydroxylation is 1. The lowest BCUT2D eigenvalue weighted by Gasteiger charge is -2.37.